The first-order valence-corrected chi connectivity index (χ1v) is 10.9. The van der Waals surface area contributed by atoms with Crippen molar-refractivity contribution in [3.8, 4) is 17.1 Å². The fourth-order valence-electron chi connectivity index (χ4n) is 4.24. The van der Waals surface area contributed by atoms with Crippen LogP contribution in [0.4, 0.5) is 4.39 Å². The van der Waals surface area contributed by atoms with E-state index in [1.165, 1.54) is 37.8 Å². The van der Waals surface area contributed by atoms with Gasteiger partial charge in [-0.25, -0.2) is 4.39 Å². The Morgan fingerprint density at radius 2 is 1.63 bits per heavy atom. The van der Waals surface area contributed by atoms with Crippen LogP contribution in [-0.4, -0.2) is 19.6 Å². The maximum atomic E-state index is 13.4. The molecule has 4 rings (SSSR count). The SMILES string of the molecule is CNC(=O)c1c(-c2ccc(F)cc2)oc2ccc3c(c12)CCCCCCCCCO3. The molecule has 0 saturated heterocycles. The third-order valence-electron chi connectivity index (χ3n) is 5.81. The van der Waals surface area contributed by atoms with Crippen molar-refractivity contribution in [2.75, 3.05) is 13.7 Å². The second-order valence-electron chi connectivity index (χ2n) is 7.88. The van der Waals surface area contributed by atoms with Gasteiger partial charge in [-0.2, -0.15) is 0 Å². The van der Waals surface area contributed by atoms with Crippen molar-refractivity contribution in [1.82, 2.24) is 5.32 Å². The van der Waals surface area contributed by atoms with E-state index < -0.39 is 0 Å². The molecule has 0 fully saturated rings. The van der Waals surface area contributed by atoms with E-state index in [1.54, 1.807) is 19.2 Å². The highest BCUT2D eigenvalue weighted by molar-refractivity contribution is 6.12. The number of nitrogens with one attached hydrogen (secondary N) is 1. The minimum atomic E-state index is -0.325. The number of rotatable bonds is 2. The van der Waals surface area contributed by atoms with Crippen LogP contribution in [0.3, 0.4) is 0 Å². The Morgan fingerprint density at radius 3 is 2.37 bits per heavy atom. The van der Waals surface area contributed by atoms with Crippen LogP contribution in [0.5, 0.6) is 5.75 Å². The number of hydrogen-bond acceptors (Lipinski definition) is 3. The largest absolute Gasteiger partial charge is 0.493 e. The van der Waals surface area contributed by atoms with Crippen LogP contribution in [0.2, 0.25) is 0 Å². The summed E-state index contributed by atoms with van der Waals surface area (Å²) in [7, 11) is 1.61. The summed E-state index contributed by atoms with van der Waals surface area (Å²) in [4.78, 5) is 12.9. The maximum Gasteiger partial charge on any atom is 0.255 e. The number of halogens is 1. The molecule has 0 aliphatic carbocycles. The third-order valence-corrected chi connectivity index (χ3v) is 5.81. The van der Waals surface area contributed by atoms with Crippen LogP contribution in [0, 0.1) is 5.82 Å². The normalized spacial score (nSPS) is 15.5. The molecule has 0 bridgehead atoms. The van der Waals surface area contributed by atoms with E-state index in [-0.39, 0.29) is 11.7 Å². The van der Waals surface area contributed by atoms with Gasteiger partial charge in [0.05, 0.1) is 12.2 Å². The van der Waals surface area contributed by atoms with Gasteiger partial charge >= 0.3 is 0 Å². The average Bonchev–Trinajstić information content (AvgIpc) is 3.14. The number of fused-ring (bicyclic) bond motifs is 3. The number of amides is 1. The fraction of sp³-hybridized carbons (Fsp3) is 0.400. The van der Waals surface area contributed by atoms with Crippen molar-refractivity contribution in [3.05, 3.63) is 53.3 Å². The molecule has 1 aliphatic heterocycles. The maximum absolute atomic E-state index is 13.4. The van der Waals surface area contributed by atoms with E-state index in [9.17, 15) is 9.18 Å². The van der Waals surface area contributed by atoms with Crippen molar-refractivity contribution in [1.29, 1.82) is 0 Å². The van der Waals surface area contributed by atoms with E-state index in [2.05, 4.69) is 5.32 Å². The van der Waals surface area contributed by atoms with Gasteiger partial charge in [-0.15, -0.1) is 0 Å². The van der Waals surface area contributed by atoms with E-state index in [0.717, 1.165) is 42.4 Å². The summed E-state index contributed by atoms with van der Waals surface area (Å²) >= 11 is 0. The molecule has 1 amide bonds. The predicted octanol–water partition coefficient (Wildman–Crippen LogP) is 6.26. The summed E-state index contributed by atoms with van der Waals surface area (Å²) in [6, 6.07) is 9.87. The zero-order valence-electron chi connectivity index (χ0n) is 17.4. The number of aryl methyl sites for hydroxylation is 1. The van der Waals surface area contributed by atoms with Crippen molar-refractivity contribution in [2.24, 2.45) is 0 Å². The molecular formula is C25H28FNO3. The van der Waals surface area contributed by atoms with Crippen LogP contribution in [0.25, 0.3) is 22.3 Å². The zero-order chi connectivity index (χ0) is 20.9. The second-order valence-corrected chi connectivity index (χ2v) is 7.88. The Bertz CT molecular complexity index is 1020. The number of carbonyl (C=O) groups is 1. The smallest absolute Gasteiger partial charge is 0.255 e. The lowest BCUT2D eigenvalue weighted by Gasteiger charge is -2.14. The minimum absolute atomic E-state index is 0.215. The third kappa shape index (κ3) is 4.20. The first-order valence-electron chi connectivity index (χ1n) is 10.9. The van der Waals surface area contributed by atoms with Crippen LogP contribution in [-0.2, 0) is 6.42 Å². The summed E-state index contributed by atoms with van der Waals surface area (Å²) in [6.45, 7) is 0.677. The van der Waals surface area contributed by atoms with Crippen LogP contribution < -0.4 is 10.1 Å². The van der Waals surface area contributed by atoms with E-state index in [1.807, 2.05) is 12.1 Å². The predicted molar refractivity (Wildman–Crippen MR) is 117 cm³/mol. The highest BCUT2D eigenvalue weighted by atomic mass is 19.1. The Labute approximate surface area is 176 Å². The number of ether oxygens (including phenoxy) is 1. The highest BCUT2D eigenvalue weighted by Gasteiger charge is 2.25. The molecule has 0 atom stereocenters. The van der Waals surface area contributed by atoms with Crippen molar-refractivity contribution < 1.29 is 18.3 Å². The number of benzene rings is 2. The lowest BCUT2D eigenvalue weighted by molar-refractivity contribution is 0.0964. The molecule has 30 heavy (non-hydrogen) atoms. The topological polar surface area (TPSA) is 51.5 Å². The van der Waals surface area contributed by atoms with E-state index in [4.69, 9.17) is 9.15 Å². The summed E-state index contributed by atoms with van der Waals surface area (Å²) in [5, 5.41) is 3.55. The first-order chi connectivity index (χ1) is 14.7. The molecule has 1 aromatic heterocycles. The zero-order valence-corrected chi connectivity index (χ0v) is 17.4. The highest BCUT2D eigenvalue weighted by Crippen LogP contribution is 2.40. The molecule has 1 N–H and O–H groups in total. The summed E-state index contributed by atoms with van der Waals surface area (Å²) < 4.78 is 25.7. The van der Waals surface area contributed by atoms with Gasteiger partial charge in [-0.1, -0.05) is 32.1 Å². The van der Waals surface area contributed by atoms with Gasteiger partial charge in [-0.05, 0) is 55.7 Å². The number of hydrogen-bond donors (Lipinski definition) is 1. The molecule has 2 heterocycles. The summed E-state index contributed by atoms with van der Waals surface area (Å²) in [6.07, 6.45) is 9.01. The summed E-state index contributed by atoms with van der Waals surface area (Å²) in [5.41, 5.74) is 2.85. The monoisotopic (exact) mass is 409 g/mol. The van der Waals surface area contributed by atoms with Crippen molar-refractivity contribution in [2.45, 2.75) is 51.4 Å². The van der Waals surface area contributed by atoms with Gasteiger partial charge in [-0.3, -0.25) is 4.79 Å². The molecule has 5 heteroatoms. The average molecular weight is 410 g/mol. The van der Waals surface area contributed by atoms with Crippen LogP contribution in [0.15, 0.2) is 40.8 Å². The quantitative estimate of drug-likeness (QED) is 0.543. The molecule has 2 aromatic carbocycles. The van der Waals surface area contributed by atoms with E-state index >= 15 is 0 Å². The van der Waals surface area contributed by atoms with Gasteiger partial charge in [0.25, 0.3) is 5.91 Å². The second kappa shape index (κ2) is 9.33. The van der Waals surface area contributed by atoms with Crippen LogP contribution >= 0.6 is 0 Å². The molecular weight excluding hydrogens is 381 g/mol. The Balaban J connectivity index is 1.87. The molecule has 0 spiro atoms. The van der Waals surface area contributed by atoms with Crippen molar-refractivity contribution >= 4 is 16.9 Å². The van der Waals surface area contributed by atoms with Gasteiger partial charge in [0.15, 0.2) is 0 Å². The van der Waals surface area contributed by atoms with Gasteiger partial charge in [0, 0.05) is 23.6 Å². The molecule has 3 aromatic rings. The Kier molecular flexibility index (Phi) is 6.36. The first kappa shape index (κ1) is 20.5. The molecule has 0 saturated carbocycles. The van der Waals surface area contributed by atoms with Gasteiger partial charge in [0.1, 0.15) is 22.9 Å². The molecule has 1 aliphatic rings. The number of furan rings is 1. The van der Waals surface area contributed by atoms with Crippen molar-refractivity contribution in [3.63, 3.8) is 0 Å². The van der Waals surface area contributed by atoms with Gasteiger partial charge in [0.2, 0.25) is 0 Å². The van der Waals surface area contributed by atoms with E-state index in [0.29, 0.717) is 29.1 Å². The molecule has 158 valence electrons. The standard InChI is InChI=1S/C25H28FNO3/c1-27-25(28)23-22-19-9-7-5-3-2-4-6-8-16-29-20(19)14-15-21(22)30-24(23)17-10-12-18(26)13-11-17/h10-15H,2-9,16H2,1H3,(H,27,28). The summed E-state index contributed by atoms with van der Waals surface area (Å²) in [5.74, 6) is 0.755. The fourth-order valence-corrected chi connectivity index (χ4v) is 4.24. The molecule has 4 nitrogen and oxygen atoms in total. The lowest BCUT2D eigenvalue weighted by Crippen LogP contribution is -2.18. The Morgan fingerprint density at radius 1 is 0.933 bits per heavy atom. The lowest BCUT2D eigenvalue weighted by atomic mass is 9.96. The molecule has 0 radical (unpaired) electrons. The van der Waals surface area contributed by atoms with Crippen LogP contribution in [0.1, 0.15) is 60.9 Å². The Hall–Kier alpha value is -2.82. The minimum Gasteiger partial charge on any atom is -0.493 e. The number of carbonyl (C=O) groups excluding carboxylic acids is 1. The van der Waals surface area contributed by atoms with Gasteiger partial charge < -0.3 is 14.5 Å². The molecule has 0 unspecified atom stereocenters.